The fourth-order valence-corrected chi connectivity index (χ4v) is 4.20. The number of aromatic amines is 1. The molecule has 3 rings (SSSR count). The lowest BCUT2D eigenvalue weighted by Crippen LogP contribution is -1.77. The van der Waals surface area contributed by atoms with E-state index >= 15 is 0 Å². The number of rotatable bonds is 1. The number of imidazole rings is 1. The largest absolute Gasteiger partial charge is 0.335 e. The average molecular weight is 360 g/mol. The summed E-state index contributed by atoms with van der Waals surface area (Å²) in [5.74, 6) is 0.796. The highest BCUT2D eigenvalue weighted by molar-refractivity contribution is 9.12. The second kappa shape index (κ2) is 3.90. The van der Waals surface area contributed by atoms with E-state index in [4.69, 9.17) is 0 Å². The Morgan fingerprint density at radius 3 is 2.88 bits per heavy atom. The summed E-state index contributed by atoms with van der Waals surface area (Å²) in [5.41, 5.74) is 2.54. The number of halogens is 2. The minimum Gasteiger partial charge on any atom is -0.335 e. The molecule has 0 amide bonds. The van der Waals surface area contributed by atoms with Gasteiger partial charge in [0.15, 0.2) is 5.65 Å². The number of H-pyrrole nitrogens is 1. The Kier molecular flexibility index (Phi) is 2.53. The van der Waals surface area contributed by atoms with Gasteiger partial charge in [0.1, 0.15) is 17.7 Å². The lowest BCUT2D eigenvalue weighted by atomic mass is 10.3. The molecular formula is C9H4Br2N4S. The minimum absolute atomic E-state index is 0.680. The van der Waals surface area contributed by atoms with Gasteiger partial charge in [-0.3, -0.25) is 0 Å². The standard InChI is InChI=1S/C9H4Br2N4S/c10-6-1-4(7(11)16-6)8-14-5-2-12-3-13-9(5)15-8/h1-3H,(H,12,13,14,15). The molecule has 0 unspecified atom stereocenters. The van der Waals surface area contributed by atoms with Crippen LogP contribution in [0.5, 0.6) is 0 Å². The van der Waals surface area contributed by atoms with Crippen LogP contribution in [0, 0.1) is 0 Å². The van der Waals surface area contributed by atoms with Crippen molar-refractivity contribution in [3.8, 4) is 11.4 Å². The van der Waals surface area contributed by atoms with E-state index in [1.165, 1.54) is 6.33 Å². The van der Waals surface area contributed by atoms with Crippen molar-refractivity contribution in [2.24, 2.45) is 0 Å². The molecule has 1 N–H and O–H groups in total. The van der Waals surface area contributed by atoms with E-state index in [9.17, 15) is 0 Å². The highest BCUT2D eigenvalue weighted by Gasteiger charge is 2.12. The molecule has 0 aromatic carbocycles. The SMILES string of the molecule is Brc1cc(-c2nc3ncncc3[nH]2)c(Br)s1. The maximum absolute atomic E-state index is 4.41. The Morgan fingerprint density at radius 2 is 2.19 bits per heavy atom. The first-order chi connectivity index (χ1) is 7.74. The maximum Gasteiger partial charge on any atom is 0.181 e. The third-order valence-electron chi connectivity index (χ3n) is 2.07. The highest BCUT2D eigenvalue weighted by Crippen LogP contribution is 2.37. The molecule has 0 aliphatic carbocycles. The summed E-state index contributed by atoms with van der Waals surface area (Å²) in [4.78, 5) is 15.6. The van der Waals surface area contributed by atoms with Gasteiger partial charge in [0.05, 0.1) is 13.8 Å². The number of nitrogens with one attached hydrogen (secondary N) is 1. The molecule has 0 spiro atoms. The molecule has 7 heteroatoms. The van der Waals surface area contributed by atoms with Gasteiger partial charge in [0.25, 0.3) is 0 Å². The number of hydrogen-bond donors (Lipinski definition) is 1. The topological polar surface area (TPSA) is 54.5 Å². The first-order valence-electron chi connectivity index (χ1n) is 4.35. The Balaban J connectivity index is 2.22. The molecule has 0 saturated carbocycles. The molecule has 0 aliphatic heterocycles. The van der Waals surface area contributed by atoms with Crippen LogP contribution < -0.4 is 0 Å². The van der Waals surface area contributed by atoms with Gasteiger partial charge in [-0.25, -0.2) is 15.0 Å². The molecule has 0 saturated heterocycles. The molecule has 4 nitrogen and oxygen atoms in total. The van der Waals surface area contributed by atoms with Gasteiger partial charge < -0.3 is 4.98 Å². The summed E-state index contributed by atoms with van der Waals surface area (Å²) >= 11 is 8.56. The lowest BCUT2D eigenvalue weighted by molar-refractivity contribution is 1.20. The third-order valence-corrected chi connectivity index (χ3v) is 4.41. The molecular weight excluding hydrogens is 356 g/mol. The Bertz CT molecular complexity index is 627. The van der Waals surface area contributed by atoms with Crippen LogP contribution in [0.2, 0.25) is 0 Å². The molecule has 0 atom stereocenters. The normalized spacial score (nSPS) is 11.1. The Labute approximate surface area is 111 Å². The zero-order chi connectivity index (χ0) is 11.1. The predicted octanol–water partition coefficient (Wildman–Crippen LogP) is 3.61. The maximum atomic E-state index is 4.41. The molecule has 0 radical (unpaired) electrons. The van der Waals surface area contributed by atoms with Crippen molar-refractivity contribution in [2.75, 3.05) is 0 Å². The van der Waals surface area contributed by atoms with Crippen molar-refractivity contribution < 1.29 is 0 Å². The molecule has 3 aromatic rings. The first kappa shape index (κ1) is 10.4. The van der Waals surface area contributed by atoms with E-state index in [1.54, 1.807) is 17.5 Å². The van der Waals surface area contributed by atoms with Gasteiger partial charge >= 0.3 is 0 Å². The van der Waals surface area contributed by atoms with Crippen molar-refractivity contribution in [1.29, 1.82) is 0 Å². The van der Waals surface area contributed by atoms with Crippen LogP contribution in [0.1, 0.15) is 0 Å². The van der Waals surface area contributed by atoms with Crippen LogP contribution >= 0.6 is 43.2 Å². The molecule has 16 heavy (non-hydrogen) atoms. The number of fused-ring (bicyclic) bond motifs is 1. The van der Waals surface area contributed by atoms with E-state index < -0.39 is 0 Å². The third kappa shape index (κ3) is 1.68. The van der Waals surface area contributed by atoms with Gasteiger partial charge in [0.2, 0.25) is 0 Å². The average Bonchev–Trinajstić information content (AvgIpc) is 2.81. The van der Waals surface area contributed by atoms with Crippen LogP contribution in [0.3, 0.4) is 0 Å². The quantitative estimate of drug-likeness (QED) is 0.722. The zero-order valence-electron chi connectivity index (χ0n) is 7.74. The van der Waals surface area contributed by atoms with Gasteiger partial charge in [0, 0.05) is 5.56 Å². The predicted molar refractivity (Wildman–Crippen MR) is 70.4 cm³/mol. The van der Waals surface area contributed by atoms with Crippen molar-refractivity contribution in [3.05, 3.63) is 26.2 Å². The summed E-state index contributed by atoms with van der Waals surface area (Å²) in [6, 6.07) is 2.01. The fourth-order valence-electron chi connectivity index (χ4n) is 1.39. The molecule has 0 aliphatic rings. The van der Waals surface area contributed by atoms with Gasteiger partial charge in [-0.05, 0) is 37.9 Å². The van der Waals surface area contributed by atoms with E-state index in [1.807, 2.05) is 6.07 Å². The lowest BCUT2D eigenvalue weighted by Gasteiger charge is -1.90. The van der Waals surface area contributed by atoms with Gasteiger partial charge in [-0.1, -0.05) is 0 Å². The number of thiophene rings is 1. The molecule has 0 bridgehead atoms. The highest BCUT2D eigenvalue weighted by atomic mass is 79.9. The van der Waals surface area contributed by atoms with Gasteiger partial charge in [-0.2, -0.15) is 0 Å². The Hall–Kier alpha value is -0.790. The molecule has 80 valence electrons. The van der Waals surface area contributed by atoms with Crippen LogP contribution in [0.15, 0.2) is 26.2 Å². The summed E-state index contributed by atoms with van der Waals surface area (Å²) in [5, 5.41) is 0. The van der Waals surface area contributed by atoms with E-state index in [0.717, 1.165) is 24.5 Å². The van der Waals surface area contributed by atoms with Crippen molar-refractivity contribution in [3.63, 3.8) is 0 Å². The molecule has 3 heterocycles. The smallest absolute Gasteiger partial charge is 0.181 e. The van der Waals surface area contributed by atoms with Crippen molar-refractivity contribution in [1.82, 2.24) is 19.9 Å². The Morgan fingerprint density at radius 1 is 1.31 bits per heavy atom. The summed E-state index contributed by atoms with van der Waals surface area (Å²) < 4.78 is 2.09. The summed E-state index contributed by atoms with van der Waals surface area (Å²) in [7, 11) is 0. The number of aromatic nitrogens is 4. The van der Waals surface area contributed by atoms with Crippen LogP contribution in [0.25, 0.3) is 22.6 Å². The second-order valence-electron chi connectivity index (χ2n) is 3.08. The second-order valence-corrected chi connectivity index (χ2v) is 6.83. The van der Waals surface area contributed by atoms with Crippen LogP contribution in [-0.2, 0) is 0 Å². The van der Waals surface area contributed by atoms with Crippen LogP contribution in [-0.4, -0.2) is 19.9 Å². The zero-order valence-corrected chi connectivity index (χ0v) is 11.7. The fraction of sp³-hybridized carbons (Fsp3) is 0. The number of nitrogens with zero attached hydrogens (tertiary/aromatic N) is 3. The summed E-state index contributed by atoms with van der Waals surface area (Å²) in [6.07, 6.45) is 3.21. The van der Waals surface area contributed by atoms with Crippen molar-refractivity contribution >= 4 is 54.4 Å². The summed E-state index contributed by atoms with van der Waals surface area (Å²) in [6.45, 7) is 0. The first-order valence-corrected chi connectivity index (χ1v) is 6.75. The van der Waals surface area contributed by atoms with E-state index in [2.05, 4.69) is 51.8 Å². The molecule has 0 fully saturated rings. The minimum atomic E-state index is 0.680. The van der Waals surface area contributed by atoms with E-state index in [0.29, 0.717) is 5.65 Å². The molecule has 3 aromatic heterocycles. The van der Waals surface area contributed by atoms with E-state index in [-0.39, 0.29) is 0 Å². The number of hydrogen-bond acceptors (Lipinski definition) is 4. The monoisotopic (exact) mass is 358 g/mol. The van der Waals surface area contributed by atoms with Crippen molar-refractivity contribution in [2.45, 2.75) is 0 Å². The van der Waals surface area contributed by atoms with Gasteiger partial charge in [-0.15, -0.1) is 11.3 Å². The van der Waals surface area contributed by atoms with Crippen LogP contribution in [0.4, 0.5) is 0 Å².